The van der Waals surface area contributed by atoms with E-state index in [1.54, 1.807) is 0 Å². The van der Waals surface area contributed by atoms with E-state index in [9.17, 15) is 9.59 Å². The third-order valence-corrected chi connectivity index (χ3v) is 2.63. The van der Waals surface area contributed by atoms with Gasteiger partial charge in [0.15, 0.2) is 0 Å². The molecule has 15 heavy (non-hydrogen) atoms. The highest BCUT2D eigenvalue weighted by atomic mass is 16.5. The zero-order valence-corrected chi connectivity index (χ0v) is 9.36. The number of carbonyl (C=O) groups is 2. The Kier molecular flexibility index (Phi) is 4.55. The summed E-state index contributed by atoms with van der Waals surface area (Å²) in [6, 6.07) is 0. The summed E-state index contributed by atoms with van der Waals surface area (Å²) in [6.07, 6.45) is 0.443. The smallest absolute Gasteiger partial charge is 0.306 e. The Hall–Kier alpha value is -1.10. The van der Waals surface area contributed by atoms with Crippen molar-refractivity contribution in [2.45, 2.75) is 12.8 Å². The van der Waals surface area contributed by atoms with E-state index in [4.69, 9.17) is 0 Å². The van der Waals surface area contributed by atoms with E-state index in [0.717, 1.165) is 26.2 Å². The molecule has 0 unspecified atom stereocenters. The second-order valence-electron chi connectivity index (χ2n) is 3.76. The van der Waals surface area contributed by atoms with Gasteiger partial charge in [0, 0.05) is 32.6 Å². The first kappa shape index (κ1) is 12.0. The molecule has 0 aromatic carbocycles. The van der Waals surface area contributed by atoms with Gasteiger partial charge in [-0.25, -0.2) is 0 Å². The lowest BCUT2D eigenvalue weighted by molar-refractivity contribution is -0.144. The van der Waals surface area contributed by atoms with Crippen molar-refractivity contribution in [1.29, 1.82) is 0 Å². The lowest BCUT2D eigenvalue weighted by atomic mass is 10.2. The van der Waals surface area contributed by atoms with Crippen molar-refractivity contribution in [2.24, 2.45) is 0 Å². The number of hydrogen-bond donors (Lipinski definition) is 0. The lowest BCUT2D eigenvalue weighted by Gasteiger charge is -2.32. The van der Waals surface area contributed by atoms with Crippen LogP contribution in [0.1, 0.15) is 12.8 Å². The van der Waals surface area contributed by atoms with Crippen LogP contribution in [0.4, 0.5) is 0 Å². The normalized spacial score (nSPS) is 17.6. The van der Waals surface area contributed by atoms with Crippen molar-refractivity contribution in [3.05, 3.63) is 0 Å². The van der Waals surface area contributed by atoms with Gasteiger partial charge < -0.3 is 14.5 Å². The predicted octanol–water partition coefficient (Wildman–Crippen LogP) is -0.286. The molecule has 0 aromatic rings. The van der Waals surface area contributed by atoms with E-state index in [2.05, 4.69) is 9.64 Å². The Labute approximate surface area is 90.0 Å². The fourth-order valence-corrected chi connectivity index (χ4v) is 1.53. The summed E-state index contributed by atoms with van der Waals surface area (Å²) < 4.78 is 4.49. The number of likely N-dealkylation sites (N-methyl/N-ethyl adjacent to an activating group) is 1. The highest BCUT2D eigenvalue weighted by Gasteiger charge is 2.19. The van der Waals surface area contributed by atoms with Gasteiger partial charge in [-0.05, 0) is 7.05 Å². The van der Waals surface area contributed by atoms with Gasteiger partial charge in [-0.2, -0.15) is 0 Å². The van der Waals surface area contributed by atoms with Gasteiger partial charge in [0.1, 0.15) is 0 Å². The molecule has 1 aliphatic rings. The Morgan fingerprint density at radius 2 is 1.73 bits per heavy atom. The molecule has 5 nitrogen and oxygen atoms in total. The van der Waals surface area contributed by atoms with Crippen LogP contribution in [0.2, 0.25) is 0 Å². The van der Waals surface area contributed by atoms with Gasteiger partial charge >= 0.3 is 5.97 Å². The summed E-state index contributed by atoms with van der Waals surface area (Å²) in [5, 5.41) is 0. The van der Waals surface area contributed by atoms with Crippen molar-refractivity contribution in [3.8, 4) is 0 Å². The van der Waals surface area contributed by atoms with E-state index >= 15 is 0 Å². The molecule has 0 saturated carbocycles. The van der Waals surface area contributed by atoms with E-state index < -0.39 is 0 Å². The maximum atomic E-state index is 11.6. The van der Waals surface area contributed by atoms with Crippen molar-refractivity contribution < 1.29 is 14.3 Å². The number of ether oxygens (including phenoxy) is 1. The SMILES string of the molecule is COC(=O)CCC(=O)N1CCN(C)CC1. The van der Waals surface area contributed by atoms with E-state index in [1.807, 2.05) is 11.9 Å². The molecule has 86 valence electrons. The van der Waals surface area contributed by atoms with E-state index in [-0.39, 0.29) is 24.7 Å². The van der Waals surface area contributed by atoms with Crippen molar-refractivity contribution in [3.63, 3.8) is 0 Å². The third kappa shape index (κ3) is 3.87. The molecular weight excluding hydrogens is 196 g/mol. The Morgan fingerprint density at radius 1 is 1.13 bits per heavy atom. The molecule has 0 radical (unpaired) electrons. The number of methoxy groups -OCH3 is 1. The van der Waals surface area contributed by atoms with Crippen LogP contribution in [-0.4, -0.2) is 62.0 Å². The number of amides is 1. The Morgan fingerprint density at radius 3 is 2.27 bits per heavy atom. The monoisotopic (exact) mass is 214 g/mol. The minimum atomic E-state index is -0.322. The third-order valence-electron chi connectivity index (χ3n) is 2.63. The predicted molar refractivity (Wildman–Crippen MR) is 55.3 cm³/mol. The van der Waals surface area contributed by atoms with Crippen LogP contribution in [-0.2, 0) is 14.3 Å². The zero-order chi connectivity index (χ0) is 11.3. The number of rotatable bonds is 3. The number of piperazine rings is 1. The molecule has 0 aromatic heterocycles. The quantitative estimate of drug-likeness (QED) is 0.606. The van der Waals surface area contributed by atoms with Gasteiger partial charge in [-0.1, -0.05) is 0 Å². The van der Waals surface area contributed by atoms with Gasteiger partial charge in [-0.3, -0.25) is 9.59 Å². The summed E-state index contributed by atoms with van der Waals surface area (Å²) in [4.78, 5) is 26.5. The maximum Gasteiger partial charge on any atom is 0.306 e. The van der Waals surface area contributed by atoms with Crippen LogP contribution in [0.5, 0.6) is 0 Å². The van der Waals surface area contributed by atoms with Crippen LogP contribution in [0.3, 0.4) is 0 Å². The molecule has 1 aliphatic heterocycles. The average molecular weight is 214 g/mol. The summed E-state index contributed by atoms with van der Waals surface area (Å²) in [5.74, 6) is -0.272. The second-order valence-corrected chi connectivity index (χ2v) is 3.76. The zero-order valence-electron chi connectivity index (χ0n) is 9.36. The molecular formula is C10H18N2O3. The van der Waals surface area contributed by atoms with Crippen LogP contribution in [0, 0.1) is 0 Å². The average Bonchev–Trinajstić information content (AvgIpc) is 2.26. The van der Waals surface area contributed by atoms with E-state index in [0.29, 0.717) is 0 Å². The molecule has 0 spiro atoms. The lowest BCUT2D eigenvalue weighted by Crippen LogP contribution is -2.47. The summed E-state index contributed by atoms with van der Waals surface area (Å²) in [6.45, 7) is 3.33. The molecule has 0 aliphatic carbocycles. The van der Waals surface area contributed by atoms with Gasteiger partial charge in [0.2, 0.25) is 5.91 Å². The second kappa shape index (κ2) is 5.70. The van der Waals surface area contributed by atoms with Crippen LogP contribution >= 0.6 is 0 Å². The minimum absolute atomic E-state index is 0.0495. The number of esters is 1. The maximum absolute atomic E-state index is 11.6. The van der Waals surface area contributed by atoms with Crippen molar-refractivity contribution in [1.82, 2.24) is 9.80 Å². The highest BCUT2D eigenvalue weighted by molar-refractivity contribution is 5.81. The summed E-state index contributed by atoms with van der Waals surface area (Å²) >= 11 is 0. The first-order valence-electron chi connectivity index (χ1n) is 5.16. The molecule has 5 heteroatoms. The Balaban J connectivity index is 2.25. The van der Waals surface area contributed by atoms with Crippen molar-refractivity contribution >= 4 is 11.9 Å². The first-order chi connectivity index (χ1) is 7.13. The molecule has 1 amide bonds. The summed E-state index contributed by atoms with van der Waals surface area (Å²) in [5.41, 5.74) is 0. The standard InChI is InChI=1S/C10H18N2O3/c1-11-5-7-12(8-6-11)9(13)3-4-10(14)15-2/h3-8H2,1-2H3. The Bertz CT molecular complexity index is 235. The number of carbonyl (C=O) groups excluding carboxylic acids is 2. The molecule has 1 rings (SSSR count). The molecule has 1 saturated heterocycles. The molecule has 1 heterocycles. The fraction of sp³-hybridized carbons (Fsp3) is 0.800. The molecule has 0 N–H and O–H groups in total. The van der Waals surface area contributed by atoms with Crippen molar-refractivity contribution in [2.75, 3.05) is 40.3 Å². The largest absolute Gasteiger partial charge is 0.469 e. The summed E-state index contributed by atoms with van der Waals surface area (Å²) in [7, 11) is 3.37. The molecule has 1 fully saturated rings. The topological polar surface area (TPSA) is 49.9 Å². The van der Waals surface area contributed by atoms with E-state index in [1.165, 1.54) is 7.11 Å². The van der Waals surface area contributed by atoms with Gasteiger partial charge in [0.25, 0.3) is 0 Å². The van der Waals surface area contributed by atoms with Crippen LogP contribution in [0.15, 0.2) is 0 Å². The number of nitrogens with zero attached hydrogens (tertiary/aromatic N) is 2. The van der Waals surface area contributed by atoms with Gasteiger partial charge in [-0.15, -0.1) is 0 Å². The van der Waals surface area contributed by atoms with Gasteiger partial charge in [0.05, 0.1) is 13.5 Å². The minimum Gasteiger partial charge on any atom is -0.469 e. The highest BCUT2D eigenvalue weighted by Crippen LogP contribution is 2.03. The number of hydrogen-bond acceptors (Lipinski definition) is 4. The fourth-order valence-electron chi connectivity index (χ4n) is 1.53. The molecule has 0 bridgehead atoms. The van der Waals surface area contributed by atoms with Crippen LogP contribution in [0.25, 0.3) is 0 Å². The molecule has 0 atom stereocenters. The first-order valence-corrected chi connectivity index (χ1v) is 5.16. The van der Waals surface area contributed by atoms with Crippen LogP contribution < -0.4 is 0 Å².